The summed E-state index contributed by atoms with van der Waals surface area (Å²) in [6.45, 7) is 4.86. The van der Waals surface area contributed by atoms with E-state index in [4.69, 9.17) is 0 Å². The van der Waals surface area contributed by atoms with Crippen LogP contribution < -0.4 is 0 Å². The summed E-state index contributed by atoms with van der Waals surface area (Å²) >= 11 is 0. The lowest BCUT2D eigenvalue weighted by Crippen LogP contribution is -2.37. The second-order valence-electron chi connectivity index (χ2n) is 8.50. The van der Waals surface area contributed by atoms with E-state index in [1.54, 1.807) is 0 Å². The van der Waals surface area contributed by atoms with Crippen LogP contribution in [0.15, 0.2) is 6.33 Å². The lowest BCUT2D eigenvalue weighted by Gasteiger charge is -2.37. The minimum Gasteiger partial charge on any atom is -0.341 e. The average Bonchev–Trinajstić information content (AvgIpc) is 3.27. The highest BCUT2D eigenvalue weighted by atomic mass is 16.2. The number of carbonyl (C=O) groups is 1. The molecule has 1 spiro atoms. The highest BCUT2D eigenvalue weighted by Crippen LogP contribution is 2.52. The minimum absolute atomic E-state index is 0.239. The van der Waals surface area contributed by atoms with Gasteiger partial charge in [0.2, 0.25) is 5.91 Å². The molecule has 1 unspecified atom stereocenters. The summed E-state index contributed by atoms with van der Waals surface area (Å²) in [4.78, 5) is 15.4. The molecule has 2 saturated carbocycles. The highest BCUT2D eigenvalue weighted by molar-refractivity contribution is 5.79. The number of rotatable bonds is 3. The van der Waals surface area contributed by atoms with Crippen LogP contribution in [0.2, 0.25) is 0 Å². The van der Waals surface area contributed by atoms with Crippen LogP contribution in [0.3, 0.4) is 0 Å². The van der Waals surface area contributed by atoms with Gasteiger partial charge in [-0.05, 0) is 38.0 Å². The van der Waals surface area contributed by atoms with Gasteiger partial charge in [-0.1, -0.05) is 38.5 Å². The summed E-state index contributed by atoms with van der Waals surface area (Å²) in [5.74, 6) is 2.18. The second-order valence-corrected chi connectivity index (χ2v) is 8.50. The Balaban J connectivity index is 1.59. The molecule has 138 valence electrons. The maximum Gasteiger partial charge on any atom is 0.225 e. The number of aromatic nitrogens is 3. The van der Waals surface area contributed by atoms with E-state index >= 15 is 0 Å². The van der Waals surface area contributed by atoms with Crippen molar-refractivity contribution in [3.63, 3.8) is 0 Å². The van der Waals surface area contributed by atoms with Gasteiger partial charge in [0, 0.05) is 31.5 Å². The van der Waals surface area contributed by atoms with Crippen LogP contribution in [0.25, 0.3) is 0 Å². The molecule has 1 atom stereocenters. The van der Waals surface area contributed by atoms with Gasteiger partial charge in [0.1, 0.15) is 12.2 Å². The van der Waals surface area contributed by atoms with E-state index in [1.165, 1.54) is 51.4 Å². The molecule has 3 fully saturated rings. The number of nitrogens with zero attached hydrogens (tertiary/aromatic N) is 4. The molecule has 2 heterocycles. The maximum atomic E-state index is 13.2. The van der Waals surface area contributed by atoms with Crippen LogP contribution in [-0.4, -0.2) is 38.7 Å². The Morgan fingerprint density at radius 1 is 1.16 bits per heavy atom. The normalized spacial score (nSPS) is 27.1. The van der Waals surface area contributed by atoms with Gasteiger partial charge < -0.3 is 9.47 Å². The lowest BCUT2D eigenvalue weighted by molar-refractivity contribution is -0.136. The van der Waals surface area contributed by atoms with E-state index in [0.29, 0.717) is 11.8 Å². The molecule has 1 amide bonds. The molecule has 1 aliphatic heterocycles. The third kappa shape index (κ3) is 3.11. The molecule has 1 aromatic rings. The standard InChI is InChI=1S/C20H32N4O/c1-2-23-15-21-22-18(23)17-13-24(14-20(17)11-7-4-8-12-20)19(25)16-9-5-3-6-10-16/h15-17H,2-14H2,1H3. The summed E-state index contributed by atoms with van der Waals surface area (Å²) in [7, 11) is 0. The van der Waals surface area contributed by atoms with E-state index < -0.39 is 0 Å². The predicted molar refractivity (Wildman–Crippen MR) is 97.1 cm³/mol. The lowest BCUT2D eigenvalue weighted by atomic mass is 9.67. The van der Waals surface area contributed by atoms with Gasteiger partial charge >= 0.3 is 0 Å². The smallest absolute Gasteiger partial charge is 0.225 e. The van der Waals surface area contributed by atoms with Gasteiger partial charge in [0.25, 0.3) is 0 Å². The Hall–Kier alpha value is -1.39. The number of carbonyl (C=O) groups excluding carboxylic acids is 1. The van der Waals surface area contributed by atoms with E-state index in [2.05, 4.69) is 26.6 Å². The van der Waals surface area contributed by atoms with Crippen molar-refractivity contribution >= 4 is 5.91 Å². The molecule has 1 saturated heterocycles. The number of aryl methyl sites for hydroxylation is 1. The van der Waals surface area contributed by atoms with Gasteiger partial charge in [-0.15, -0.1) is 10.2 Å². The van der Waals surface area contributed by atoms with E-state index in [1.807, 2.05) is 6.33 Å². The van der Waals surface area contributed by atoms with Gasteiger partial charge in [0.15, 0.2) is 0 Å². The Kier molecular flexibility index (Phi) is 4.83. The Bertz CT molecular complexity index is 599. The topological polar surface area (TPSA) is 51.0 Å². The van der Waals surface area contributed by atoms with Crippen molar-refractivity contribution in [2.75, 3.05) is 13.1 Å². The first-order chi connectivity index (χ1) is 12.2. The van der Waals surface area contributed by atoms with Crippen LogP contribution in [-0.2, 0) is 11.3 Å². The van der Waals surface area contributed by atoms with Crippen LogP contribution in [0, 0.1) is 11.3 Å². The molecule has 5 nitrogen and oxygen atoms in total. The van der Waals surface area contributed by atoms with Crippen molar-refractivity contribution in [2.24, 2.45) is 11.3 Å². The quantitative estimate of drug-likeness (QED) is 0.839. The zero-order valence-corrected chi connectivity index (χ0v) is 15.6. The van der Waals surface area contributed by atoms with Crippen LogP contribution in [0.5, 0.6) is 0 Å². The fourth-order valence-corrected chi connectivity index (χ4v) is 5.64. The molecule has 0 bridgehead atoms. The van der Waals surface area contributed by atoms with Crippen LogP contribution in [0.1, 0.15) is 82.9 Å². The van der Waals surface area contributed by atoms with Crippen molar-refractivity contribution in [3.8, 4) is 0 Å². The average molecular weight is 345 g/mol. The molecule has 3 aliphatic rings. The maximum absolute atomic E-state index is 13.2. The summed E-state index contributed by atoms with van der Waals surface area (Å²) in [5, 5.41) is 8.68. The fraction of sp³-hybridized carbons (Fsp3) is 0.850. The largest absolute Gasteiger partial charge is 0.341 e. The van der Waals surface area contributed by atoms with Crippen LogP contribution in [0.4, 0.5) is 0 Å². The van der Waals surface area contributed by atoms with Crippen molar-refractivity contribution in [2.45, 2.75) is 83.6 Å². The molecule has 0 aromatic carbocycles. The highest BCUT2D eigenvalue weighted by Gasteiger charge is 2.51. The van der Waals surface area contributed by atoms with E-state index in [9.17, 15) is 4.79 Å². The van der Waals surface area contributed by atoms with Crippen molar-refractivity contribution in [1.29, 1.82) is 0 Å². The van der Waals surface area contributed by atoms with Crippen LogP contribution >= 0.6 is 0 Å². The number of amides is 1. The first-order valence-corrected chi connectivity index (χ1v) is 10.4. The molecule has 1 aromatic heterocycles. The molecular formula is C20H32N4O. The molecular weight excluding hydrogens is 312 g/mol. The first-order valence-electron chi connectivity index (χ1n) is 10.4. The predicted octanol–water partition coefficient (Wildman–Crippen LogP) is 3.75. The molecule has 0 N–H and O–H groups in total. The monoisotopic (exact) mass is 344 g/mol. The number of hydrogen-bond acceptors (Lipinski definition) is 3. The zero-order valence-electron chi connectivity index (χ0n) is 15.6. The summed E-state index contributed by atoms with van der Waals surface area (Å²) < 4.78 is 2.19. The zero-order chi connectivity index (χ0) is 17.3. The van der Waals surface area contributed by atoms with Gasteiger partial charge in [-0.2, -0.15) is 0 Å². The summed E-state index contributed by atoms with van der Waals surface area (Å²) in [6.07, 6.45) is 14.2. The molecule has 5 heteroatoms. The van der Waals surface area contributed by atoms with Gasteiger partial charge in [-0.25, -0.2) is 0 Å². The van der Waals surface area contributed by atoms with Crippen molar-refractivity contribution in [3.05, 3.63) is 12.2 Å². The number of hydrogen-bond donors (Lipinski definition) is 0. The molecule has 2 aliphatic carbocycles. The SMILES string of the molecule is CCn1cnnc1C1CN(C(=O)C2CCCCC2)CC12CCCCC2. The van der Waals surface area contributed by atoms with Gasteiger partial charge in [0.05, 0.1) is 0 Å². The minimum atomic E-state index is 0.239. The van der Waals surface area contributed by atoms with E-state index in [0.717, 1.165) is 38.3 Å². The Morgan fingerprint density at radius 2 is 1.88 bits per heavy atom. The summed E-state index contributed by atoms with van der Waals surface area (Å²) in [5.41, 5.74) is 0.239. The van der Waals surface area contributed by atoms with Crippen molar-refractivity contribution < 1.29 is 4.79 Å². The fourth-order valence-electron chi connectivity index (χ4n) is 5.64. The van der Waals surface area contributed by atoms with E-state index in [-0.39, 0.29) is 11.3 Å². The Labute approximate surface area is 151 Å². The third-order valence-corrected chi connectivity index (χ3v) is 7.06. The van der Waals surface area contributed by atoms with Gasteiger partial charge in [-0.3, -0.25) is 4.79 Å². The molecule has 0 radical (unpaired) electrons. The van der Waals surface area contributed by atoms with Crippen molar-refractivity contribution in [1.82, 2.24) is 19.7 Å². The molecule has 25 heavy (non-hydrogen) atoms. The summed E-state index contributed by atoms with van der Waals surface area (Å²) in [6, 6.07) is 0. The number of likely N-dealkylation sites (tertiary alicyclic amines) is 1. The Morgan fingerprint density at radius 3 is 2.60 bits per heavy atom. The third-order valence-electron chi connectivity index (χ3n) is 7.06. The molecule has 4 rings (SSSR count). The second kappa shape index (κ2) is 7.08. The first kappa shape index (κ1) is 17.0.